The molecule has 150 valence electrons. The molecule has 1 unspecified atom stereocenters. The Labute approximate surface area is 174 Å². The number of hydrogen-bond acceptors (Lipinski definition) is 5. The van der Waals surface area contributed by atoms with Crippen LogP contribution in [0, 0.1) is 0 Å². The second-order valence-corrected chi connectivity index (χ2v) is 7.20. The number of aliphatic hydroxyl groups excluding tert-OH is 1. The highest BCUT2D eigenvalue weighted by Gasteiger charge is 2.47. The Balaban J connectivity index is 1.90. The van der Waals surface area contributed by atoms with Crippen LogP contribution in [0.2, 0.25) is 0 Å². The zero-order valence-corrected chi connectivity index (χ0v) is 16.7. The number of amides is 1. The van der Waals surface area contributed by atoms with E-state index in [9.17, 15) is 14.7 Å². The van der Waals surface area contributed by atoms with Gasteiger partial charge in [0.05, 0.1) is 11.3 Å². The normalized spacial score (nSPS) is 17.9. The third-order valence-corrected chi connectivity index (χ3v) is 5.10. The van der Waals surface area contributed by atoms with E-state index in [0.717, 1.165) is 5.69 Å². The summed E-state index contributed by atoms with van der Waals surface area (Å²) in [7, 11) is 3.85. The average molecular weight is 399 g/mol. The molecule has 30 heavy (non-hydrogen) atoms. The molecule has 0 saturated carbocycles. The highest BCUT2D eigenvalue weighted by Crippen LogP contribution is 2.41. The van der Waals surface area contributed by atoms with Gasteiger partial charge in [0.2, 0.25) is 0 Å². The molecule has 1 N–H and O–H groups in total. The number of aromatic nitrogens is 1. The van der Waals surface area contributed by atoms with Crippen LogP contribution >= 0.6 is 0 Å². The minimum atomic E-state index is -0.823. The summed E-state index contributed by atoms with van der Waals surface area (Å²) in [4.78, 5) is 33.8. The molecule has 0 spiro atoms. The number of carbonyl (C=O) groups is 2. The number of aliphatic hydroxyl groups is 1. The predicted molar refractivity (Wildman–Crippen MR) is 116 cm³/mol. The van der Waals surface area contributed by atoms with E-state index >= 15 is 0 Å². The van der Waals surface area contributed by atoms with E-state index in [0.29, 0.717) is 16.9 Å². The van der Waals surface area contributed by atoms with E-state index in [4.69, 9.17) is 0 Å². The molecule has 0 aliphatic carbocycles. The monoisotopic (exact) mass is 399 g/mol. The maximum absolute atomic E-state index is 13.0. The zero-order valence-electron chi connectivity index (χ0n) is 16.7. The van der Waals surface area contributed by atoms with Crippen LogP contribution in [0.15, 0.2) is 84.6 Å². The fourth-order valence-corrected chi connectivity index (χ4v) is 3.58. The van der Waals surface area contributed by atoms with Crippen LogP contribution in [0.3, 0.4) is 0 Å². The predicted octanol–water partition coefficient (Wildman–Crippen LogP) is 3.77. The molecule has 6 heteroatoms. The average Bonchev–Trinajstić information content (AvgIpc) is 3.05. The summed E-state index contributed by atoms with van der Waals surface area (Å²) in [6.45, 7) is 0. The topological polar surface area (TPSA) is 73.7 Å². The van der Waals surface area contributed by atoms with Gasteiger partial charge in [-0.1, -0.05) is 36.4 Å². The maximum atomic E-state index is 13.0. The van der Waals surface area contributed by atoms with E-state index < -0.39 is 17.7 Å². The first-order valence-electron chi connectivity index (χ1n) is 9.54. The number of Topliss-reactive ketones (excluding diaryl/α,β-unsaturated/α-hetero) is 1. The molecule has 2 aromatic carbocycles. The van der Waals surface area contributed by atoms with E-state index in [1.54, 1.807) is 60.8 Å². The van der Waals surface area contributed by atoms with Gasteiger partial charge in [0.15, 0.2) is 0 Å². The smallest absolute Gasteiger partial charge is 0.300 e. The van der Waals surface area contributed by atoms with Crippen LogP contribution in [0.5, 0.6) is 0 Å². The van der Waals surface area contributed by atoms with Gasteiger partial charge >= 0.3 is 0 Å². The van der Waals surface area contributed by atoms with Crippen LogP contribution in [-0.2, 0) is 9.59 Å². The third-order valence-electron chi connectivity index (χ3n) is 5.10. The number of benzene rings is 2. The van der Waals surface area contributed by atoms with E-state index in [1.165, 1.54) is 4.90 Å². The Hall–Kier alpha value is -3.93. The highest BCUT2D eigenvalue weighted by molar-refractivity contribution is 6.51. The van der Waals surface area contributed by atoms with Crippen molar-refractivity contribution >= 4 is 28.8 Å². The zero-order chi connectivity index (χ0) is 21.3. The molecule has 1 aromatic heterocycles. The van der Waals surface area contributed by atoms with Crippen molar-refractivity contribution in [2.24, 2.45) is 0 Å². The Bertz CT molecular complexity index is 1110. The second kappa shape index (κ2) is 7.83. The Morgan fingerprint density at radius 1 is 0.933 bits per heavy atom. The molecule has 2 heterocycles. The van der Waals surface area contributed by atoms with Crippen molar-refractivity contribution in [2.75, 3.05) is 23.9 Å². The van der Waals surface area contributed by atoms with Gasteiger partial charge in [0, 0.05) is 37.2 Å². The molecule has 1 fully saturated rings. The lowest BCUT2D eigenvalue weighted by Crippen LogP contribution is -2.29. The molecule has 3 aromatic rings. The van der Waals surface area contributed by atoms with Crippen molar-refractivity contribution in [3.8, 4) is 0 Å². The largest absolute Gasteiger partial charge is 0.507 e. The standard InChI is InChI=1S/C24H21N3O3/c1-26(2)17-11-13-18(14-12-17)27-21(19-10-6-7-15-25-19)20(23(29)24(27)30)22(28)16-8-4-3-5-9-16/h3-15,21,28H,1-2H3/b22-20-. The van der Waals surface area contributed by atoms with Crippen LogP contribution in [0.25, 0.3) is 5.76 Å². The fourth-order valence-electron chi connectivity index (χ4n) is 3.58. The van der Waals surface area contributed by atoms with Crippen molar-refractivity contribution < 1.29 is 14.7 Å². The van der Waals surface area contributed by atoms with Crippen LogP contribution in [0.1, 0.15) is 17.3 Å². The fraction of sp³-hybridized carbons (Fsp3) is 0.125. The van der Waals surface area contributed by atoms with Gasteiger partial charge in [0.25, 0.3) is 11.7 Å². The van der Waals surface area contributed by atoms with Crippen LogP contribution < -0.4 is 9.80 Å². The van der Waals surface area contributed by atoms with Crippen LogP contribution in [0.4, 0.5) is 11.4 Å². The molecular formula is C24H21N3O3. The van der Waals surface area contributed by atoms with Crippen molar-refractivity contribution in [3.05, 3.63) is 95.8 Å². The van der Waals surface area contributed by atoms with E-state index in [-0.39, 0.29) is 11.3 Å². The van der Waals surface area contributed by atoms with Gasteiger partial charge in [-0.05, 0) is 36.4 Å². The minimum absolute atomic E-state index is 0.0292. The summed E-state index contributed by atoms with van der Waals surface area (Å²) in [5.74, 6) is -1.64. The van der Waals surface area contributed by atoms with Crippen molar-refractivity contribution in [2.45, 2.75) is 6.04 Å². The summed E-state index contributed by atoms with van der Waals surface area (Å²) in [6, 6.07) is 20.6. The number of pyridine rings is 1. The molecule has 1 atom stereocenters. The number of carbonyl (C=O) groups excluding carboxylic acids is 2. The Kier molecular flexibility index (Phi) is 5.06. The minimum Gasteiger partial charge on any atom is -0.507 e. The SMILES string of the molecule is CN(C)c1ccc(N2C(=O)C(=O)/C(=C(\O)c3ccccc3)C2c2ccccn2)cc1. The molecule has 4 rings (SSSR count). The van der Waals surface area contributed by atoms with Gasteiger partial charge in [-0.3, -0.25) is 19.5 Å². The number of hydrogen-bond donors (Lipinski definition) is 1. The number of anilines is 2. The van der Waals surface area contributed by atoms with Gasteiger partial charge in [0.1, 0.15) is 11.8 Å². The van der Waals surface area contributed by atoms with E-state index in [1.807, 2.05) is 37.2 Å². The summed E-state index contributed by atoms with van der Waals surface area (Å²) in [5.41, 5.74) is 2.53. The molecule has 1 saturated heterocycles. The number of rotatable bonds is 4. The molecular weight excluding hydrogens is 378 g/mol. The Morgan fingerprint density at radius 3 is 2.20 bits per heavy atom. The highest BCUT2D eigenvalue weighted by atomic mass is 16.3. The lowest BCUT2D eigenvalue weighted by atomic mass is 9.98. The summed E-state index contributed by atoms with van der Waals surface area (Å²) in [5, 5.41) is 11.0. The lowest BCUT2D eigenvalue weighted by Gasteiger charge is -2.25. The number of ketones is 1. The first-order chi connectivity index (χ1) is 14.5. The first kappa shape index (κ1) is 19.4. The maximum Gasteiger partial charge on any atom is 0.300 e. The summed E-state index contributed by atoms with van der Waals surface area (Å²) < 4.78 is 0. The summed E-state index contributed by atoms with van der Waals surface area (Å²) in [6.07, 6.45) is 1.60. The summed E-state index contributed by atoms with van der Waals surface area (Å²) >= 11 is 0. The Morgan fingerprint density at radius 2 is 1.60 bits per heavy atom. The van der Waals surface area contributed by atoms with Crippen molar-refractivity contribution in [1.29, 1.82) is 0 Å². The quantitative estimate of drug-likeness (QED) is 0.411. The van der Waals surface area contributed by atoms with Crippen molar-refractivity contribution in [1.82, 2.24) is 4.98 Å². The lowest BCUT2D eigenvalue weighted by molar-refractivity contribution is -0.132. The van der Waals surface area contributed by atoms with Gasteiger partial charge in [-0.25, -0.2) is 0 Å². The van der Waals surface area contributed by atoms with E-state index in [2.05, 4.69) is 4.98 Å². The molecule has 1 aliphatic rings. The molecule has 0 bridgehead atoms. The van der Waals surface area contributed by atoms with Crippen LogP contribution in [-0.4, -0.2) is 35.9 Å². The van der Waals surface area contributed by atoms with Gasteiger partial charge in [-0.2, -0.15) is 0 Å². The molecule has 1 amide bonds. The van der Waals surface area contributed by atoms with Crippen molar-refractivity contribution in [3.63, 3.8) is 0 Å². The first-order valence-corrected chi connectivity index (χ1v) is 9.54. The molecule has 1 aliphatic heterocycles. The molecule has 0 radical (unpaired) electrons. The van der Waals surface area contributed by atoms with Gasteiger partial charge < -0.3 is 10.0 Å². The van der Waals surface area contributed by atoms with Gasteiger partial charge in [-0.15, -0.1) is 0 Å². The molecule has 6 nitrogen and oxygen atoms in total. The third kappa shape index (κ3) is 3.33. The second-order valence-electron chi connectivity index (χ2n) is 7.20. The number of nitrogens with zero attached hydrogens (tertiary/aromatic N) is 3.